The quantitative estimate of drug-likeness (QED) is 0.844. The van der Waals surface area contributed by atoms with E-state index in [-0.39, 0.29) is 29.8 Å². The molecule has 3 amide bonds. The highest BCUT2D eigenvalue weighted by atomic mass is 35.5. The van der Waals surface area contributed by atoms with Gasteiger partial charge >= 0.3 is 12.2 Å². The van der Waals surface area contributed by atoms with Crippen LogP contribution in [0.3, 0.4) is 0 Å². The van der Waals surface area contributed by atoms with Crippen LogP contribution in [0.2, 0.25) is 5.02 Å². The van der Waals surface area contributed by atoms with Gasteiger partial charge < -0.3 is 15.5 Å². The molecule has 0 spiro atoms. The van der Waals surface area contributed by atoms with Crippen molar-refractivity contribution in [1.82, 2.24) is 10.6 Å². The Labute approximate surface area is 142 Å². The fourth-order valence-corrected chi connectivity index (χ4v) is 2.34. The average Bonchev–Trinajstić information content (AvgIpc) is 3.26. The minimum atomic E-state index is -4.65. The number of nitrogens with zero attached hydrogens (tertiary/aromatic N) is 1. The van der Waals surface area contributed by atoms with Gasteiger partial charge in [-0.25, -0.2) is 4.79 Å². The average molecular weight is 364 g/mol. The predicted molar refractivity (Wildman–Crippen MR) is 84.0 cm³/mol. The minimum absolute atomic E-state index is 0.0259. The van der Waals surface area contributed by atoms with Crippen LogP contribution in [0.25, 0.3) is 0 Å². The number of alkyl halides is 3. The molecule has 2 rings (SSSR count). The summed E-state index contributed by atoms with van der Waals surface area (Å²) in [6.45, 7) is 1.11. The SMILES string of the molecule is CC(=O)N(CCNC(=O)NC1CC1)c1ccc(Cl)cc1C(F)(F)F. The molecular formula is C15H17ClF3N3O2. The normalized spacial score (nSPS) is 14.2. The van der Waals surface area contributed by atoms with Crippen LogP contribution in [-0.4, -0.2) is 31.1 Å². The Balaban J connectivity index is 2.09. The molecule has 0 radical (unpaired) electrons. The zero-order valence-corrected chi connectivity index (χ0v) is 13.7. The summed E-state index contributed by atoms with van der Waals surface area (Å²) in [5, 5.41) is 5.14. The first-order valence-electron chi connectivity index (χ1n) is 7.37. The maximum Gasteiger partial charge on any atom is 0.418 e. The third kappa shape index (κ3) is 5.02. The van der Waals surface area contributed by atoms with Gasteiger partial charge in [0.15, 0.2) is 0 Å². The molecule has 0 aliphatic heterocycles. The lowest BCUT2D eigenvalue weighted by Gasteiger charge is -2.25. The van der Waals surface area contributed by atoms with Crippen LogP contribution in [0.4, 0.5) is 23.7 Å². The lowest BCUT2D eigenvalue weighted by atomic mass is 10.1. The number of hydrogen-bond acceptors (Lipinski definition) is 2. The Morgan fingerprint density at radius 1 is 1.33 bits per heavy atom. The highest BCUT2D eigenvalue weighted by Gasteiger charge is 2.36. The zero-order chi connectivity index (χ0) is 17.9. The van der Waals surface area contributed by atoms with Gasteiger partial charge in [0.25, 0.3) is 0 Å². The Bertz CT molecular complexity index is 633. The van der Waals surface area contributed by atoms with Crippen molar-refractivity contribution in [2.45, 2.75) is 32.0 Å². The van der Waals surface area contributed by atoms with Crippen LogP contribution < -0.4 is 15.5 Å². The van der Waals surface area contributed by atoms with E-state index in [0.29, 0.717) is 0 Å². The molecule has 1 aromatic rings. The van der Waals surface area contributed by atoms with E-state index in [4.69, 9.17) is 11.6 Å². The highest BCUT2D eigenvalue weighted by Crippen LogP contribution is 2.38. The molecule has 1 fully saturated rings. The van der Waals surface area contributed by atoms with Gasteiger partial charge in [0.05, 0.1) is 11.3 Å². The van der Waals surface area contributed by atoms with Crippen LogP contribution >= 0.6 is 11.6 Å². The van der Waals surface area contributed by atoms with E-state index < -0.39 is 23.7 Å². The summed E-state index contributed by atoms with van der Waals surface area (Å²) >= 11 is 5.64. The zero-order valence-electron chi connectivity index (χ0n) is 12.9. The van der Waals surface area contributed by atoms with Crippen LogP contribution in [0.1, 0.15) is 25.3 Å². The Hall–Kier alpha value is -1.96. The van der Waals surface area contributed by atoms with Crippen molar-refractivity contribution in [3.05, 3.63) is 28.8 Å². The van der Waals surface area contributed by atoms with E-state index in [0.717, 1.165) is 29.9 Å². The third-order valence-corrected chi connectivity index (χ3v) is 3.70. The summed E-state index contributed by atoms with van der Waals surface area (Å²) in [5.74, 6) is -0.563. The molecule has 1 saturated carbocycles. The van der Waals surface area contributed by atoms with E-state index in [2.05, 4.69) is 10.6 Å². The van der Waals surface area contributed by atoms with E-state index in [1.807, 2.05) is 0 Å². The summed E-state index contributed by atoms with van der Waals surface area (Å²) in [6.07, 6.45) is -2.80. The Morgan fingerprint density at radius 3 is 2.54 bits per heavy atom. The summed E-state index contributed by atoms with van der Waals surface area (Å²) in [5.41, 5.74) is -1.28. The summed E-state index contributed by atoms with van der Waals surface area (Å²) in [6, 6.07) is 2.99. The largest absolute Gasteiger partial charge is 0.418 e. The molecule has 0 heterocycles. The van der Waals surface area contributed by atoms with Gasteiger partial charge in [-0.2, -0.15) is 13.2 Å². The summed E-state index contributed by atoms with van der Waals surface area (Å²) in [7, 11) is 0. The molecular weight excluding hydrogens is 347 g/mol. The van der Waals surface area contributed by atoms with Gasteiger partial charge in [0, 0.05) is 31.1 Å². The predicted octanol–water partition coefficient (Wildman–Crippen LogP) is 3.17. The summed E-state index contributed by atoms with van der Waals surface area (Å²) < 4.78 is 39.5. The molecule has 5 nitrogen and oxygen atoms in total. The number of anilines is 1. The molecule has 9 heteroatoms. The van der Waals surface area contributed by atoms with Crippen molar-refractivity contribution in [1.29, 1.82) is 0 Å². The highest BCUT2D eigenvalue weighted by molar-refractivity contribution is 6.30. The van der Waals surface area contributed by atoms with Crippen molar-refractivity contribution < 1.29 is 22.8 Å². The fourth-order valence-electron chi connectivity index (χ4n) is 2.16. The molecule has 132 valence electrons. The van der Waals surface area contributed by atoms with Gasteiger partial charge in [-0.3, -0.25) is 4.79 Å². The molecule has 1 aliphatic carbocycles. The number of carbonyl (C=O) groups is 2. The molecule has 0 atom stereocenters. The van der Waals surface area contributed by atoms with Gasteiger partial charge in [-0.15, -0.1) is 0 Å². The lowest BCUT2D eigenvalue weighted by molar-refractivity contribution is -0.137. The molecule has 0 saturated heterocycles. The molecule has 0 unspecified atom stereocenters. The maximum absolute atomic E-state index is 13.2. The number of benzene rings is 1. The monoisotopic (exact) mass is 363 g/mol. The van der Waals surface area contributed by atoms with Gasteiger partial charge in [-0.05, 0) is 31.0 Å². The second-order valence-electron chi connectivity index (χ2n) is 5.50. The number of amides is 3. The van der Waals surface area contributed by atoms with Crippen LogP contribution in [0, 0.1) is 0 Å². The van der Waals surface area contributed by atoms with Crippen molar-refractivity contribution in [2.75, 3.05) is 18.0 Å². The molecule has 0 aromatic heterocycles. The van der Waals surface area contributed by atoms with Crippen LogP contribution in [0.15, 0.2) is 18.2 Å². The van der Waals surface area contributed by atoms with Gasteiger partial charge in [0.2, 0.25) is 5.91 Å². The molecule has 24 heavy (non-hydrogen) atoms. The standard InChI is InChI=1S/C15H17ClF3N3O2/c1-9(23)22(7-6-20-14(24)21-11-3-4-11)13-5-2-10(16)8-12(13)15(17,18)19/h2,5,8,11H,3-4,6-7H2,1H3,(H2,20,21,24). The maximum atomic E-state index is 13.2. The van der Waals surface area contributed by atoms with Crippen molar-refractivity contribution in [3.8, 4) is 0 Å². The number of halogens is 4. The Kier molecular flexibility index (Phi) is 5.58. The minimum Gasteiger partial charge on any atom is -0.336 e. The third-order valence-electron chi connectivity index (χ3n) is 3.47. The second-order valence-corrected chi connectivity index (χ2v) is 5.94. The number of rotatable bonds is 5. The Morgan fingerprint density at radius 2 is 2.00 bits per heavy atom. The van der Waals surface area contributed by atoms with Crippen molar-refractivity contribution >= 4 is 29.2 Å². The van der Waals surface area contributed by atoms with Gasteiger partial charge in [0.1, 0.15) is 0 Å². The van der Waals surface area contributed by atoms with E-state index in [9.17, 15) is 22.8 Å². The number of hydrogen-bond donors (Lipinski definition) is 2. The molecule has 0 bridgehead atoms. The topological polar surface area (TPSA) is 61.4 Å². The number of nitrogens with one attached hydrogen (secondary N) is 2. The van der Waals surface area contributed by atoms with Crippen LogP contribution in [-0.2, 0) is 11.0 Å². The second kappa shape index (κ2) is 7.29. The molecule has 1 aliphatic rings. The first-order chi connectivity index (χ1) is 11.2. The molecule has 1 aromatic carbocycles. The number of urea groups is 1. The fraction of sp³-hybridized carbons (Fsp3) is 0.467. The van der Waals surface area contributed by atoms with Crippen LogP contribution in [0.5, 0.6) is 0 Å². The van der Waals surface area contributed by atoms with E-state index >= 15 is 0 Å². The van der Waals surface area contributed by atoms with E-state index in [1.165, 1.54) is 13.0 Å². The van der Waals surface area contributed by atoms with Crippen molar-refractivity contribution in [3.63, 3.8) is 0 Å². The smallest absolute Gasteiger partial charge is 0.336 e. The first-order valence-corrected chi connectivity index (χ1v) is 7.75. The lowest BCUT2D eigenvalue weighted by Crippen LogP contribution is -2.42. The molecule has 2 N–H and O–H groups in total. The first kappa shape index (κ1) is 18.4. The van der Waals surface area contributed by atoms with Gasteiger partial charge in [-0.1, -0.05) is 11.6 Å². The number of carbonyl (C=O) groups excluding carboxylic acids is 2. The van der Waals surface area contributed by atoms with E-state index in [1.54, 1.807) is 0 Å². The summed E-state index contributed by atoms with van der Waals surface area (Å²) in [4.78, 5) is 24.3. The van der Waals surface area contributed by atoms with Crippen molar-refractivity contribution in [2.24, 2.45) is 0 Å².